The van der Waals surface area contributed by atoms with Crippen molar-refractivity contribution in [3.63, 3.8) is 0 Å². The van der Waals surface area contributed by atoms with Crippen molar-refractivity contribution in [3.05, 3.63) is 23.8 Å². The van der Waals surface area contributed by atoms with Gasteiger partial charge in [0.15, 0.2) is 11.5 Å². The predicted octanol–water partition coefficient (Wildman–Crippen LogP) is 0.643. The Morgan fingerprint density at radius 2 is 1.81 bits per heavy atom. The minimum atomic E-state index is -0.0578. The summed E-state index contributed by atoms with van der Waals surface area (Å²) in [6.45, 7) is 3.68. The number of rotatable bonds is 6. The second kappa shape index (κ2) is 7.52. The van der Waals surface area contributed by atoms with Crippen LogP contribution in [0.2, 0.25) is 0 Å². The van der Waals surface area contributed by atoms with E-state index >= 15 is 0 Å². The number of carbonyl (C=O) groups is 2. The van der Waals surface area contributed by atoms with Gasteiger partial charge in [0.25, 0.3) is 0 Å². The number of fused-ring (bicyclic) bond motifs is 1. The van der Waals surface area contributed by atoms with Gasteiger partial charge in [0.2, 0.25) is 11.8 Å². The molecular formula is C15H20N2O4. The van der Waals surface area contributed by atoms with Crippen molar-refractivity contribution in [2.24, 2.45) is 0 Å². The van der Waals surface area contributed by atoms with E-state index in [-0.39, 0.29) is 11.8 Å². The Morgan fingerprint density at radius 1 is 1.10 bits per heavy atom. The van der Waals surface area contributed by atoms with E-state index in [9.17, 15) is 9.59 Å². The van der Waals surface area contributed by atoms with Gasteiger partial charge in [-0.1, -0.05) is 6.07 Å². The summed E-state index contributed by atoms with van der Waals surface area (Å²) >= 11 is 0. The summed E-state index contributed by atoms with van der Waals surface area (Å²) in [5.74, 6) is 1.31. The molecule has 1 heterocycles. The second-order valence-corrected chi connectivity index (χ2v) is 4.84. The minimum absolute atomic E-state index is 0.0468. The topological polar surface area (TPSA) is 76.7 Å². The third-order valence-electron chi connectivity index (χ3n) is 3.02. The van der Waals surface area contributed by atoms with Crippen molar-refractivity contribution >= 4 is 11.8 Å². The quantitative estimate of drug-likeness (QED) is 0.755. The van der Waals surface area contributed by atoms with Gasteiger partial charge >= 0.3 is 0 Å². The molecule has 0 radical (unpaired) electrons. The van der Waals surface area contributed by atoms with Crippen molar-refractivity contribution in [1.82, 2.24) is 10.6 Å². The van der Waals surface area contributed by atoms with Crippen molar-refractivity contribution in [1.29, 1.82) is 0 Å². The first-order valence-corrected chi connectivity index (χ1v) is 7.05. The van der Waals surface area contributed by atoms with Crippen LogP contribution >= 0.6 is 0 Å². The molecule has 0 aromatic heterocycles. The maximum absolute atomic E-state index is 11.8. The number of benzene rings is 1. The summed E-state index contributed by atoms with van der Waals surface area (Å²) in [4.78, 5) is 22.5. The minimum Gasteiger partial charge on any atom is -0.486 e. The van der Waals surface area contributed by atoms with E-state index < -0.39 is 0 Å². The van der Waals surface area contributed by atoms with Crippen LogP contribution in [-0.4, -0.2) is 38.1 Å². The maximum Gasteiger partial charge on any atom is 0.224 e. The fourth-order valence-corrected chi connectivity index (χ4v) is 2.03. The Bertz CT molecular complexity index is 516. The van der Waals surface area contributed by atoms with Gasteiger partial charge in [0.1, 0.15) is 13.2 Å². The van der Waals surface area contributed by atoms with Gasteiger partial charge in [0, 0.05) is 20.0 Å². The maximum atomic E-state index is 11.8. The van der Waals surface area contributed by atoms with Crippen LogP contribution in [0.4, 0.5) is 0 Å². The number of ether oxygens (including phenoxy) is 2. The van der Waals surface area contributed by atoms with Crippen molar-refractivity contribution in [3.8, 4) is 11.5 Å². The largest absolute Gasteiger partial charge is 0.486 e. The van der Waals surface area contributed by atoms with Crippen molar-refractivity contribution in [2.75, 3.05) is 26.3 Å². The molecule has 0 unspecified atom stereocenters. The highest BCUT2D eigenvalue weighted by Crippen LogP contribution is 2.30. The normalized spacial score (nSPS) is 12.6. The van der Waals surface area contributed by atoms with E-state index in [1.54, 1.807) is 0 Å². The van der Waals surface area contributed by atoms with Crippen LogP contribution in [0.25, 0.3) is 0 Å². The highest BCUT2D eigenvalue weighted by Gasteiger charge is 2.12. The first kappa shape index (κ1) is 15.2. The lowest BCUT2D eigenvalue weighted by molar-refractivity contribution is -0.120. The first-order chi connectivity index (χ1) is 10.1. The van der Waals surface area contributed by atoms with E-state index in [4.69, 9.17) is 9.47 Å². The van der Waals surface area contributed by atoms with Crippen LogP contribution in [0.5, 0.6) is 11.5 Å². The average molecular weight is 292 g/mol. The summed E-state index contributed by atoms with van der Waals surface area (Å²) in [5.41, 5.74) is 0.888. The van der Waals surface area contributed by atoms with E-state index in [1.807, 2.05) is 18.2 Å². The van der Waals surface area contributed by atoms with Crippen molar-refractivity contribution < 1.29 is 19.1 Å². The fraction of sp³-hybridized carbons (Fsp3) is 0.467. The van der Waals surface area contributed by atoms with Crippen LogP contribution in [0, 0.1) is 0 Å². The Kier molecular flexibility index (Phi) is 5.43. The Balaban J connectivity index is 1.73. The zero-order valence-electron chi connectivity index (χ0n) is 12.1. The predicted molar refractivity (Wildman–Crippen MR) is 77.4 cm³/mol. The van der Waals surface area contributed by atoms with Crippen LogP contribution in [0.3, 0.4) is 0 Å². The molecular weight excluding hydrogens is 272 g/mol. The molecule has 0 atom stereocenters. The van der Waals surface area contributed by atoms with Gasteiger partial charge < -0.3 is 20.1 Å². The average Bonchev–Trinajstić information content (AvgIpc) is 2.46. The summed E-state index contributed by atoms with van der Waals surface area (Å²) in [6.07, 6.45) is 1.02. The summed E-state index contributed by atoms with van der Waals surface area (Å²) in [7, 11) is 0. The number of carbonyl (C=O) groups excluding carboxylic acids is 2. The summed E-state index contributed by atoms with van der Waals surface area (Å²) < 4.78 is 10.9. The zero-order valence-corrected chi connectivity index (χ0v) is 12.1. The first-order valence-electron chi connectivity index (χ1n) is 7.05. The number of hydrogen-bond acceptors (Lipinski definition) is 4. The van der Waals surface area contributed by atoms with Gasteiger partial charge in [-0.25, -0.2) is 0 Å². The third-order valence-corrected chi connectivity index (χ3v) is 3.02. The second-order valence-electron chi connectivity index (χ2n) is 4.84. The smallest absolute Gasteiger partial charge is 0.224 e. The molecule has 0 aliphatic carbocycles. The van der Waals surface area contributed by atoms with Crippen LogP contribution in [0.15, 0.2) is 18.2 Å². The summed E-state index contributed by atoms with van der Waals surface area (Å²) in [6, 6.07) is 5.53. The molecule has 2 rings (SSSR count). The molecule has 21 heavy (non-hydrogen) atoms. The Hall–Kier alpha value is -2.24. The molecule has 1 aliphatic heterocycles. The molecule has 2 amide bonds. The molecule has 6 nitrogen and oxygen atoms in total. The molecule has 0 spiro atoms. The van der Waals surface area contributed by atoms with E-state index in [1.165, 1.54) is 6.92 Å². The molecule has 114 valence electrons. The SMILES string of the molecule is CC(=O)NCCCNC(=O)Cc1ccc2c(c1)OCCO2. The number of amides is 2. The van der Waals surface area contributed by atoms with Gasteiger partial charge in [0.05, 0.1) is 6.42 Å². The molecule has 2 N–H and O–H groups in total. The lowest BCUT2D eigenvalue weighted by atomic mass is 10.1. The molecule has 0 saturated carbocycles. The van der Waals surface area contributed by atoms with E-state index in [0.29, 0.717) is 44.9 Å². The Labute approximate surface area is 123 Å². The van der Waals surface area contributed by atoms with Crippen LogP contribution < -0.4 is 20.1 Å². The monoisotopic (exact) mass is 292 g/mol. The molecule has 0 saturated heterocycles. The fourth-order valence-electron chi connectivity index (χ4n) is 2.03. The van der Waals surface area contributed by atoms with Gasteiger partial charge in [-0.05, 0) is 24.1 Å². The highest BCUT2D eigenvalue weighted by atomic mass is 16.6. The summed E-state index contributed by atoms with van der Waals surface area (Å²) in [5, 5.41) is 5.51. The van der Waals surface area contributed by atoms with Gasteiger partial charge in [-0.15, -0.1) is 0 Å². The molecule has 6 heteroatoms. The standard InChI is InChI=1S/C15H20N2O4/c1-11(18)16-5-2-6-17-15(19)10-12-3-4-13-14(9-12)21-8-7-20-13/h3-4,9H,2,5-8,10H2,1H3,(H,16,18)(H,17,19). The van der Waals surface area contributed by atoms with Gasteiger partial charge in [-0.3, -0.25) is 9.59 Å². The van der Waals surface area contributed by atoms with E-state index in [0.717, 1.165) is 11.3 Å². The number of hydrogen-bond donors (Lipinski definition) is 2. The van der Waals surface area contributed by atoms with Crippen LogP contribution in [0.1, 0.15) is 18.9 Å². The van der Waals surface area contributed by atoms with Crippen LogP contribution in [-0.2, 0) is 16.0 Å². The highest BCUT2D eigenvalue weighted by molar-refractivity contribution is 5.78. The lowest BCUT2D eigenvalue weighted by Gasteiger charge is -2.18. The Morgan fingerprint density at radius 3 is 2.57 bits per heavy atom. The number of nitrogens with one attached hydrogen (secondary N) is 2. The third kappa shape index (κ3) is 4.98. The zero-order chi connectivity index (χ0) is 15.1. The molecule has 1 aromatic carbocycles. The molecule has 0 bridgehead atoms. The van der Waals surface area contributed by atoms with E-state index in [2.05, 4.69) is 10.6 Å². The van der Waals surface area contributed by atoms with Crippen molar-refractivity contribution in [2.45, 2.75) is 19.8 Å². The van der Waals surface area contributed by atoms with Gasteiger partial charge in [-0.2, -0.15) is 0 Å². The lowest BCUT2D eigenvalue weighted by Crippen LogP contribution is -2.29. The molecule has 1 aliphatic rings. The molecule has 1 aromatic rings. The molecule has 0 fully saturated rings.